The molecule has 3 heterocycles. The van der Waals surface area contributed by atoms with E-state index in [-0.39, 0.29) is 31.2 Å². The number of nitrogens with one attached hydrogen (secondary N) is 1. The smallest absolute Gasteiger partial charge is 0.332 e. The molecule has 0 bridgehead atoms. The van der Waals surface area contributed by atoms with Gasteiger partial charge in [0.05, 0.1) is 44.6 Å². The van der Waals surface area contributed by atoms with Crippen molar-refractivity contribution < 1.29 is 23.8 Å². The molecule has 4 rings (SSSR count). The van der Waals surface area contributed by atoms with Crippen LogP contribution in [0.4, 0.5) is 4.39 Å². The van der Waals surface area contributed by atoms with Gasteiger partial charge in [0.2, 0.25) is 5.91 Å². The zero-order valence-corrected chi connectivity index (χ0v) is 22.7. The summed E-state index contributed by atoms with van der Waals surface area (Å²) >= 11 is 1.13. The fraction of sp³-hybridized carbons (Fsp3) is 0.400. The van der Waals surface area contributed by atoms with Gasteiger partial charge in [-0.25, -0.2) is 9.18 Å². The van der Waals surface area contributed by atoms with Crippen molar-refractivity contribution in [3.8, 4) is 10.8 Å². The predicted molar refractivity (Wildman–Crippen MR) is 142 cm³/mol. The Balaban J connectivity index is 1.95. The van der Waals surface area contributed by atoms with Gasteiger partial charge < -0.3 is 19.9 Å². The van der Waals surface area contributed by atoms with Gasteiger partial charge in [-0.2, -0.15) is 10.2 Å². The molecule has 3 aromatic heterocycles. The predicted octanol–water partition coefficient (Wildman–Crippen LogP) is 1.54. The molecule has 2 N–H and O–H groups in total. The Labute approximate surface area is 226 Å². The Morgan fingerprint density at radius 1 is 1.21 bits per heavy atom. The van der Waals surface area contributed by atoms with Gasteiger partial charge in [-0.05, 0) is 39.0 Å². The molecule has 1 amide bonds. The highest BCUT2D eigenvalue weighted by molar-refractivity contribution is 7.21. The van der Waals surface area contributed by atoms with E-state index in [1.165, 1.54) is 47.1 Å². The summed E-state index contributed by atoms with van der Waals surface area (Å²) in [7, 11) is 1.42. The molecule has 0 aliphatic heterocycles. The topological polar surface area (TPSA) is 142 Å². The number of hydrogen-bond acceptors (Lipinski definition) is 9. The molecule has 0 saturated heterocycles. The molecule has 12 nitrogen and oxygen atoms in total. The lowest BCUT2D eigenvalue weighted by molar-refractivity contribution is -0.122. The molecule has 0 unspecified atom stereocenters. The molecule has 4 aromatic rings. The van der Waals surface area contributed by atoms with Crippen LogP contribution in [0.5, 0.6) is 5.75 Å². The molecule has 1 atom stereocenters. The van der Waals surface area contributed by atoms with Crippen LogP contribution in [-0.4, -0.2) is 61.5 Å². The van der Waals surface area contributed by atoms with E-state index < -0.39 is 35.6 Å². The van der Waals surface area contributed by atoms with Gasteiger partial charge in [0.25, 0.3) is 5.56 Å². The van der Waals surface area contributed by atoms with E-state index >= 15 is 0 Å². The summed E-state index contributed by atoms with van der Waals surface area (Å²) in [5, 5.41) is 21.2. The molecule has 0 fully saturated rings. The number of thiophene rings is 1. The first-order chi connectivity index (χ1) is 18.7. The number of hydrogen-bond donors (Lipinski definition) is 2. The molecule has 0 radical (unpaired) electrons. The minimum Gasteiger partial charge on any atom is -0.496 e. The summed E-state index contributed by atoms with van der Waals surface area (Å²) in [5.41, 5.74) is -0.545. The van der Waals surface area contributed by atoms with Crippen molar-refractivity contribution in [2.45, 2.75) is 46.0 Å². The molecule has 208 valence electrons. The summed E-state index contributed by atoms with van der Waals surface area (Å²) in [5.74, 6) is -0.732. The largest absolute Gasteiger partial charge is 0.496 e. The summed E-state index contributed by atoms with van der Waals surface area (Å²) in [6, 6.07) is 3.70. The van der Waals surface area contributed by atoms with E-state index in [4.69, 9.17) is 9.47 Å². The Morgan fingerprint density at radius 3 is 2.56 bits per heavy atom. The van der Waals surface area contributed by atoms with Crippen LogP contribution < -0.4 is 21.3 Å². The maximum atomic E-state index is 14.3. The molecular formula is C25H29FN6O6S. The number of aryl methyl sites for hydroxylation is 1. The van der Waals surface area contributed by atoms with Gasteiger partial charge in [0, 0.05) is 17.2 Å². The number of aromatic nitrogens is 5. The van der Waals surface area contributed by atoms with E-state index in [9.17, 15) is 23.9 Å². The average Bonchev–Trinajstić information content (AvgIpc) is 3.54. The quantitative estimate of drug-likeness (QED) is 0.281. The normalized spacial score (nSPS) is 12.3. The first kappa shape index (κ1) is 28.1. The van der Waals surface area contributed by atoms with Crippen LogP contribution in [-0.2, 0) is 22.6 Å². The second-order valence-corrected chi connectivity index (χ2v) is 9.98. The SMILES string of the molecule is COc1ccc(F)cc1[C@H](Cn1c(=O)n(CC(=O)NC(C)C)c(=O)c2c(C)c(-n3nccn3)sc21)OCCO. The number of nitrogens with zero attached hydrogens (tertiary/aromatic N) is 5. The van der Waals surface area contributed by atoms with E-state index in [2.05, 4.69) is 15.5 Å². The van der Waals surface area contributed by atoms with Crippen molar-refractivity contribution in [3.63, 3.8) is 0 Å². The van der Waals surface area contributed by atoms with Crippen molar-refractivity contribution in [3.05, 3.63) is 68.4 Å². The molecule has 0 saturated carbocycles. The summed E-state index contributed by atoms with van der Waals surface area (Å²) in [6.07, 6.45) is 2.02. The van der Waals surface area contributed by atoms with Gasteiger partial charge in [-0.15, -0.1) is 4.80 Å². The molecule has 39 heavy (non-hydrogen) atoms. The third-order valence-electron chi connectivity index (χ3n) is 5.92. The lowest BCUT2D eigenvalue weighted by Crippen LogP contribution is -2.45. The average molecular weight is 561 g/mol. The number of fused-ring (bicyclic) bond motifs is 1. The fourth-order valence-corrected chi connectivity index (χ4v) is 5.48. The monoisotopic (exact) mass is 560 g/mol. The van der Waals surface area contributed by atoms with Crippen LogP contribution in [0.15, 0.2) is 40.2 Å². The lowest BCUT2D eigenvalue weighted by Gasteiger charge is -2.22. The van der Waals surface area contributed by atoms with Crippen LogP contribution in [0.2, 0.25) is 0 Å². The van der Waals surface area contributed by atoms with Crippen molar-refractivity contribution in [2.24, 2.45) is 0 Å². The van der Waals surface area contributed by atoms with Crippen molar-refractivity contribution >= 4 is 27.5 Å². The third kappa shape index (κ3) is 5.77. The van der Waals surface area contributed by atoms with E-state index in [1.807, 2.05) is 0 Å². The van der Waals surface area contributed by atoms with Crippen LogP contribution in [0.25, 0.3) is 15.2 Å². The highest BCUT2D eigenvalue weighted by Gasteiger charge is 2.26. The summed E-state index contributed by atoms with van der Waals surface area (Å²) < 4.78 is 27.7. The number of ether oxygens (including phenoxy) is 2. The van der Waals surface area contributed by atoms with Gasteiger partial charge >= 0.3 is 5.69 Å². The standard InChI is InChI=1S/C25H29FN6O6S/c1-14(2)29-20(34)13-30-22(35)21-15(3)23(32-27-7-8-28-32)39-24(21)31(25(30)36)12-19(38-10-9-33)17-11-16(26)5-6-18(17)37-4/h5-8,11,14,19,33H,9-10,12-13H2,1-4H3,(H,29,34)/t19-/m0/s1. The first-order valence-electron chi connectivity index (χ1n) is 12.1. The highest BCUT2D eigenvalue weighted by Crippen LogP contribution is 2.33. The summed E-state index contributed by atoms with van der Waals surface area (Å²) in [6.45, 7) is 4.15. The van der Waals surface area contributed by atoms with Crippen molar-refractivity contribution in [1.82, 2.24) is 29.4 Å². The Kier molecular flexibility index (Phi) is 8.57. The molecule has 0 spiro atoms. The number of aliphatic hydroxyl groups excluding tert-OH is 1. The first-order valence-corrected chi connectivity index (χ1v) is 13.0. The minimum absolute atomic E-state index is 0.107. The number of carbonyl (C=O) groups excluding carboxylic acids is 1. The minimum atomic E-state index is -0.951. The molecule has 0 aliphatic carbocycles. The van der Waals surface area contributed by atoms with Crippen LogP contribution in [0.3, 0.4) is 0 Å². The maximum absolute atomic E-state index is 14.3. The van der Waals surface area contributed by atoms with Crippen LogP contribution in [0, 0.1) is 12.7 Å². The van der Waals surface area contributed by atoms with Crippen LogP contribution >= 0.6 is 11.3 Å². The van der Waals surface area contributed by atoms with E-state index in [1.54, 1.807) is 20.8 Å². The Bertz CT molecular complexity index is 1590. The number of aliphatic hydroxyl groups is 1. The Morgan fingerprint density at radius 2 is 1.92 bits per heavy atom. The molecular weight excluding hydrogens is 531 g/mol. The lowest BCUT2D eigenvalue weighted by atomic mass is 10.1. The number of halogens is 1. The van der Waals surface area contributed by atoms with Gasteiger partial charge in [-0.1, -0.05) is 11.3 Å². The van der Waals surface area contributed by atoms with Gasteiger partial charge in [-0.3, -0.25) is 18.7 Å². The van der Waals surface area contributed by atoms with Crippen molar-refractivity contribution in [1.29, 1.82) is 0 Å². The maximum Gasteiger partial charge on any atom is 0.332 e. The van der Waals surface area contributed by atoms with Crippen LogP contribution in [0.1, 0.15) is 31.1 Å². The highest BCUT2D eigenvalue weighted by atomic mass is 32.1. The number of methoxy groups -OCH3 is 1. The second-order valence-electron chi connectivity index (χ2n) is 9.01. The van der Waals surface area contributed by atoms with E-state index in [0.717, 1.165) is 15.9 Å². The zero-order chi connectivity index (χ0) is 28.3. The second kappa shape index (κ2) is 11.9. The fourth-order valence-electron chi connectivity index (χ4n) is 4.26. The third-order valence-corrected chi connectivity index (χ3v) is 7.20. The van der Waals surface area contributed by atoms with E-state index in [0.29, 0.717) is 26.7 Å². The molecule has 14 heteroatoms. The number of benzene rings is 1. The van der Waals surface area contributed by atoms with Gasteiger partial charge in [0.1, 0.15) is 34.0 Å². The number of amides is 1. The molecule has 0 aliphatic rings. The number of carbonyl (C=O) groups is 1. The summed E-state index contributed by atoms with van der Waals surface area (Å²) in [4.78, 5) is 41.7. The molecule has 1 aromatic carbocycles. The van der Waals surface area contributed by atoms with Gasteiger partial charge in [0.15, 0.2) is 0 Å². The number of rotatable bonds is 11. The zero-order valence-electron chi connectivity index (χ0n) is 21.9. The Hall–Kier alpha value is -3.88. The van der Waals surface area contributed by atoms with Crippen molar-refractivity contribution in [2.75, 3.05) is 20.3 Å².